The molecule has 2 heterocycles. The van der Waals surface area contributed by atoms with E-state index in [9.17, 15) is 9.59 Å². The minimum absolute atomic E-state index is 0.00502. The first-order valence-electron chi connectivity index (χ1n) is 5.88. The van der Waals surface area contributed by atoms with Gasteiger partial charge in [0.1, 0.15) is 0 Å². The number of rotatable bonds is 1. The molecule has 5 nitrogen and oxygen atoms in total. The maximum absolute atomic E-state index is 12.1. The number of hydrogen-bond acceptors (Lipinski definition) is 3. The summed E-state index contributed by atoms with van der Waals surface area (Å²) in [6.45, 7) is 6.15. The third-order valence-electron chi connectivity index (χ3n) is 3.20. The van der Waals surface area contributed by atoms with Crippen LogP contribution in [0.15, 0.2) is 0 Å². The third-order valence-corrected chi connectivity index (χ3v) is 3.20. The smallest absolute Gasteiger partial charge is 0.228 e. The highest BCUT2D eigenvalue weighted by molar-refractivity contribution is 5.89. The van der Waals surface area contributed by atoms with Crippen LogP contribution in [0.3, 0.4) is 0 Å². The van der Waals surface area contributed by atoms with Crippen molar-refractivity contribution in [1.82, 2.24) is 15.5 Å². The molecule has 2 saturated heterocycles. The SMILES string of the molecule is CC1CN(C(=O)C2CNC(=O)C2)CC(C)N1. The van der Waals surface area contributed by atoms with Crippen molar-refractivity contribution in [2.24, 2.45) is 5.92 Å². The number of nitrogens with zero attached hydrogens (tertiary/aromatic N) is 1. The van der Waals surface area contributed by atoms with Crippen LogP contribution >= 0.6 is 0 Å². The largest absolute Gasteiger partial charge is 0.355 e. The Labute approximate surface area is 95.6 Å². The summed E-state index contributed by atoms with van der Waals surface area (Å²) < 4.78 is 0. The predicted molar refractivity (Wildman–Crippen MR) is 59.8 cm³/mol. The average Bonchev–Trinajstić information content (AvgIpc) is 2.62. The summed E-state index contributed by atoms with van der Waals surface area (Å²) in [6.07, 6.45) is 0.353. The van der Waals surface area contributed by atoms with Crippen LogP contribution in [0.1, 0.15) is 20.3 Å². The molecule has 0 radical (unpaired) electrons. The Morgan fingerprint density at radius 3 is 2.44 bits per heavy atom. The highest BCUT2D eigenvalue weighted by Gasteiger charge is 2.33. The Morgan fingerprint density at radius 2 is 1.94 bits per heavy atom. The van der Waals surface area contributed by atoms with Gasteiger partial charge in [0, 0.05) is 38.1 Å². The van der Waals surface area contributed by atoms with Gasteiger partial charge in [0.2, 0.25) is 11.8 Å². The van der Waals surface area contributed by atoms with Crippen LogP contribution in [0.2, 0.25) is 0 Å². The van der Waals surface area contributed by atoms with Gasteiger partial charge >= 0.3 is 0 Å². The zero-order chi connectivity index (χ0) is 11.7. The number of piperazine rings is 1. The molecule has 0 aliphatic carbocycles. The lowest BCUT2D eigenvalue weighted by molar-refractivity contribution is -0.137. The summed E-state index contributed by atoms with van der Waals surface area (Å²) in [5.41, 5.74) is 0. The van der Waals surface area contributed by atoms with Crippen molar-refractivity contribution in [2.75, 3.05) is 19.6 Å². The van der Waals surface area contributed by atoms with Crippen LogP contribution in [-0.4, -0.2) is 48.4 Å². The molecule has 2 amide bonds. The Kier molecular flexibility index (Phi) is 3.14. The van der Waals surface area contributed by atoms with Crippen molar-refractivity contribution in [1.29, 1.82) is 0 Å². The predicted octanol–water partition coefficient (Wildman–Crippen LogP) is -0.669. The second kappa shape index (κ2) is 4.41. The second-order valence-corrected chi connectivity index (χ2v) is 4.92. The fourth-order valence-electron chi connectivity index (χ4n) is 2.54. The molecule has 0 aromatic rings. The van der Waals surface area contributed by atoms with Gasteiger partial charge < -0.3 is 15.5 Å². The number of hydrogen-bond donors (Lipinski definition) is 2. The molecule has 0 spiro atoms. The van der Waals surface area contributed by atoms with Gasteiger partial charge in [-0.05, 0) is 13.8 Å². The third kappa shape index (κ3) is 2.35. The van der Waals surface area contributed by atoms with E-state index in [4.69, 9.17) is 0 Å². The van der Waals surface area contributed by atoms with Crippen molar-refractivity contribution < 1.29 is 9.59 Å². The summed E-state index contributed by atoms with van der Waals surface area (Å²) >= 11 is 0. The normalized spacial score (nSPS) is 35.0. The zero-order valence-electron chi connectivity index (χ0n) is 9.82. The molecule has 90 valence electrons. The van der Waals surface area contributed by atoms with E-state index in [2.05, 4.69) is 24.5 Å². The highest BCUT2D eigenvalue weighted by atomic mass is 16.2. The Bertz CT molecular complexity index is 296. The van der Waals surface area contributed by atoms with Gasteiger partial charge in [0.15, 0.2) is 0 Å². The maximum atomic E-state index is 12.1. The van der Waals surface area contributed by atoms with Gasteiger partial charge in [0.05, 0.1) is 5.92 Å². The minimum atomic E-state index is -0.148. The first-order valence-corrected chi connectivity index (χ1v) is 5.88. The molecule has 3 atom stereocenters. The quantitative estimate of drug-likeness (QED) is 0.622. The molecule has 5 heteroatoms. The van der Waals surface area contributed by atoms with Gasteiger partial charge in [0.25, 0.3) is 0 Å². The standard InChI is InChI=1S/C11H19N3O2/c1-7-5-14(6-8(2)13-7)11(16)9-3-10(15)12-4-9/h7-9,13H,3-6H2,1-2H3,(H,12,15). The minimum Gasteiger partial charge on any atom is -0.355 e. The van der Waals surface area contributed by atoms with E-state index in [0.29, 0.717) is 25.0 Å². The summed E-state index contributed by atoms with van der Waals surface area (Å²) in [5.74, 6) is -0.0295. The van der Waals surface area contributed by atoms with Crippen LogP contribution in [0.25, 0.3) is 0 Å². The molecule has 3 unspecified atom stereocenters. The average molecular weight is 225 g/mol. The molecule has 2 rings (SSSR count). The molecule has 2 aliphatic rings. The van der Waals surface area contributed by atoms with Crippen molar-refractivity contribution in [3.05, 3.63) is 0 Å². The molecule has 0 aromatic heterocycles. The van der Waals surface area contributed by atoms with E-state index in [1.807, 2.05) is 4.90 Å². The monoisotopic (exact) mass is 225 g/mol. The van der Waals surface area contributed by atoms with Gasteiger partial charge in [-0.15, -0.1) is 0 Å². The van der Waals surface area contributed by atoms with E-state index in [1.54, 1.807) is 0 Å². The lowest BCUT2D eigenvalue weighted by atomic mass is 10.0. The Morgan fingerprint density at radius 1 is 1.31 bits per heavy atom. The zero-order valence-corrected chi connectivity index (χ0v) is 9.82. The van der Waals surface area contributed by atoms with Crippen LogP contribution in [0.5, 0.6) is 0 Å². The first-order chi connectivity index (χ1) is 7.56. The molecular weight excluding hydrogens is 206 g/mol. The Balaban J connectivity index is 1.96. The van der Waals surface area contributed by atoms with E-state index < -0.39 is 0 Å². The summed E-state index contributed by atoms with van der Waals surface area (Å²) in [5, 5.41) is 6.10. The van der Waals surface area contributed by atoms with Gasteiger partial charge in [-0.2, -0.15) is 0 Å². The molecule has 0 aromatic carbocycles. The first kappa shape index (κ1) is 11.4. The lowest BCUT2D eigenvalue weighted by Crippen LogP contribution is -2.57. The number of carbonyl (C=O) groups is 2. The van der Waals surface area contributed by atoms with E-state index in [0.717, 1.165) is 13.1 Å². The number of amides is 2. The van der Waals surface area contributed by atoms with E-state index >= 15 is 0 Å². The lowest BCUT2D eigenvalue weighted by Gasteiger charge is -2.37. The number of nitrogens with one attached hydrogen (secondary N) is 2. The van der Waals surface area contributed by atoms with Gasteiger partial charge in [-0.3, -0.25) is 9.59 Å². The number of carbonyl (C=O) groups excluding carboxylic acids is 2. The second-order valence-electron chi connectivity index (χ2n) is 4.92. The molecular formula is C11H19N3O2. The van der Waals surface area contributed by atoms with Crippen molar-refractivity contribution in [3.8, 4) is 0 Å². The fraction of sp³-hybridized carbons (Fsp3) is 0.818. The fourth-order valence-corrected chi connectivity index (χ4v) is 2.54. The van der Waals surface area contributed by atoms with Crippen molar-refractivity contribution >= 4 is 11.8 Å². The molecule has 2 N–H and O–H groups in total. The summed E-state index contributed by atoms with van der Waals surface area (Å²) in [6, 6.07) is 0.663. The molecule has 0 saturated carbocycles. The van der Waals surface area contributed by atoms with Crippen molar-refractivity contribution in [2.45, 2.75) is 32.4 Å². The van der Waals surface area contributed by atoms with Crippen LogP contribution in [0.4, 0.5) is 0 Å². The van der Waals surface area contributed by atoms with Gasteiger partial charge in [-0.1, -0.05) is 0 Å². The molecule has 2 fully saturated rings. The highest BCUT2D eigenvalue weighted by Crippen LogP contribution is 2.15. The topological polar surface area (TPSA) is 61.4 Å². The van der Waals surface area contributed by atoms with Crippen LogP contribution in [0, 0.1) is 5.92 Å². The van der Waals surface area contributed by atoms with E-state index in [-0.39, 0.29) is 17.7 Å². The molecule has 2 aliphatic heterocycles. The maximum Gasteiger partial charge on any atom is 0.228 e. The van der Waals surface area contributed by atoms with Crippen LogP contribution < -0.4 is 10.6 Å². The summed E-state index contributed by atoms with van der Waals surface area (Å²) in [4.78, 5) is 25.1. The van der Waals surface area contributed by atoms with Crippen LogP contribution in [-0.2, 0) is 9.59 Å². The molecule has 16 heavy (non-hydrogen) atoms. The van der Waals surface area contributed by atoms with Crippen molar-refractivity contribution in [3.63, 3.8) is 0 Å². The van der Waals surface area contributed by atoms with E-state index in [1.165, 1.54) is 0 Å². The summed E-state index contributed by atoms with van der Waals surface area (Å²) in [7, 11) is 0. The molecule has 0 bridgehead atoms. The Hall–Kier alpha value is -1.10. The van der Waals surface area contributed by atoms with Gasteiger partial charge in [-0.25, -0.2) is 0 Å².